The van der Waals surface area contributed by atoms with Gasteiger partial charge in [-0.2, -0.15) is 9.97 Å². The Hall–Kier alpha value is -2.79. The largest absolute Gasteiger partial charge is 0.437 e. The maximum Gasteiger partial charge on any atom is 0.249 e. The van der Waals surface area contributed by atoms with E-state index in [2.05, 4.69) is 9.97 Å². The molecule has 0 amide bonds. The number of benzene rings is 2. The zero-order valence-electron chi connectivity index (χ0n) is 13.3. The topological polar surface area (TPSA) is 70.3 Å². The molecule has 0 atom stereocenters. The van der Waals surface area contributed by atoms with E-state index in [0.717, 1.165) is 11.1 Å². The Kier molecular flexibility index (Phi) is 4.53. The number of nitrogens with two attached hydrogens (primary N) is 1. The fraction of sp³-hybridized carbons (Fsp3) is 0.111. The van der Waals surface area contributed by atoms with Crippen LogP contribution in [0.25, 0.3) is 0 Å². The number of anilines is 1. The van der Waals surface area contributed by atoms with Crippen LogP contribution >= 0.6 is 11.6 Å². The van der Waals surface area contributed by atoms with Crippen molar-refractivity contribution < 1.29 is 9.47 Å². The van der Waals surface area contributed by atoms with Crippen LogP contribution in [-0.2, 0) is 0 Å². The number of rotatable bonds is 4. The van der Waals surface area contributed by atoms with Gasteiger partial charge >= 0.3 is 0 Å². The van der Waals surface area contributed by atoms with Crippen LogP contribution in [0.2, 0.25) is 5.02 Å². The Morgan fingerprint density at radius 1 is 0.875 bits per heavy atom. The van der Waals surface area contributed by atoms with Gasteiger partial charge in [0.15, 0.2) is 5.69 Å². The zero-order valence-corrected chi connectivity index (χ0v) is 14.0. The molecule has 0 fully saturated rings. The van der Waals surface area contributed by atoms with Crippen molar-refractivity contribution in [2.45, 2.75) is 13.8 Å². The van der Waals surface area contributed by atoms with Crippen molar-refractivity contribution >= 4 is 17.3 Å². The lowest BCUT2D eigenvalue weighted by atomic mass is 10.2. The van der Waals surface area contributed by atoms with Crippen LogP contribution < -0.4 is 15.2 Å². The molecule has 5 nitrogen and oxygen atoms in total. The van der Waals surface area contributed by atoms with E-state index >= 15 is 0 Å². The average molecular weight is 342 g/mol. The summed E-state index contributed by atoms with van der Waals surface area (Å²) in [6.45, 7) is 3.90. The van der Waals surface area contributed by atoms with Crippen molar-refractivity contribution in [3.63, 3.8) is 0 Å². The van der Waals surface area contributed by atoms with E-state index in [1.165, 1.54) is 6.33 Å². The SMILES string of the molecule is Cc1ccc(Oc2ncnc(Oc3ccc(Cl)c(C)c3)c2N)cc1. The molecule has 0 aliphatic carbocycles. The van der Waals surface area contributed by atoms with Crippen molar-refractivity contribution in [3.05, 3.63) is 64.9 Å². The first-order valence-electron chi connectivity index (χ1n) is 7.32. The van der Waals surface area contributed by atoms with Crippen molar-refractivity contribution in [1.29, 1.82) is 0 Å². The maximum absolute atomic E-state index is 6.08. The first-order valence-corrected chi connectivity index (χ1v) is 7.70. The van der Waals surface area contributed by atoms with E-state index in [0.29, 0.717) is 16.5 Å². The smallest absolute Gasteiger partial charge is 0.249 e. The second kappa shape index (κ2) is 6.76. The van der Waals surface area contributed by atoms with E-state index < -0.39 is 0 Å². The molecular formula is C18H16ClN3O2. The van der Waals surface area contributed by atoms with E-state index in [1.807, 2.05) is 44.2 Å². The Balaban J connectivity index is 1.84. The number of nitrogen functional groups attached to an aromatic ring is 1. The molecule has 0 aliphatic heterocycles. The molecule has 3 aromatic rings. The van der Waals surface area contributed by atoms with E-state index in [9.17, 15) is 0 Å². The van der Waals surface area contributed by atoms with E-state index in [1.54, 1.807) is 12.1 Å². The fourth-order valence-electron chi connectivity index (χ4n) is 2.04. The molecule has 6 heteroatoms. The molecule has 1 heterocycles. The number of nitrogens with zero attached hydrogens (tertiary/aromatic N) is 2. The highest BCUT2D eigenvalue weighted by Gasteiger charge is 2.13. The third-order valence-corrected chi connectivity index (χ3v) is 3.81. The highest BCUT2D eigenvalue weighted by atomic mass is 35.5. The van der Waals surface area contributed by atoms with Crippen LogP contribution in [0.1, 0.15) is 11.1 Å². The molecule has 122 valence electrons. The van der Waals surface area contributed by atoms with Gasteiger partial charge in [0, 0.05) is 5.02 Å². The minimum Gasteiger partial charge on any atom is -0.437 e. The van der Waals surface area contributed by atoms with E-state index in [4.69, 9.17) is 26.8 Å². The molecule has 0 aliphatic rings. The number of ether oxygens (including phenoxy) is 2. The summed E-state index contributed by atoms with van der Waals surface area (Å²) in [5.41, 5.74) is 8.34. The van der Waals surface area contributed by atoms with Gasteiger partial charge in [0.2, 0.25) is 11.8 Å². The zero-order chi connectivity index (χ0) is 17.1. The van der Waals surface area contributed by atoms with Crippen LogP contribution in [0.3, 0.4) is 0 Å². The number of halogens is 1. The summed E-state index contributed by atoms with van der Waals surface area (Å²) in [5, 5.41) is 0.668. The van der Waals surface area contributed by atoms with Gasteiger partial charge in [-0.15, -0.1) is 0 Å². The molecule has 0 saturated heterocycles. The molecule has 0 bridgehead atoms. The van der Waals surface area contributed by atoms with Crippen LogP contribution in [0, 0.1) is 13.8 Å². The molecule has 0 unspecified atom stereocenters. The Morgan fingerprint density at radius 3 is 2.08 bits per heavy atom. The molecular weight excluding hydrogens is 326 g/mol. The lowest BCUT2D eigenvalue weighted by Gasteiger charge is -2.11. The van der Waals surface area contributed by atoms with Crippen molar-refractivity contribution in [1.82, 2.24) is 9.97 Å². The van der Waals surface area contributed by atoms with Gasteiger partial charge in [-0.1, -0.05) is 29.3 Å². The summed E-state index contributed by atoms with van der Waals surface area (Å²) in [7, 11) is 0. The van der Waals surface area contributed by atoms with Crippen molar-refractivity contribution in [3.8, 4) is 23.3 Å². The van der Waals surface area contributed by atoms with Gasteiger partial charge < -0.3 is 15.2 Å². The van der Waals surface area contributed by atoms with Crippen molar-refractivity contribution in [2.24, 2.45) is 0 Å². The first kappa shape index (κ1) is 16.1. The van der Waals surface area contributed by atoms with Crippen LogP contribution in [-0.4, -0.2) is 9.97 Å². The summed E-state index contributed by atoms with van der Waals surface area (Å²) in [6, 6.07) is 12.9. The van der Waals surface area contributed by atoms with Gasteiger partial charge in [-0.05, 0) is 49.7 Å². The lowest BCUT2D eigenvalue weighted by Crippen LogP contribution is -2.00. The standard InChI is InChI=1S/C18H16ClN3O2/c1-11-3-5-13(6-4-11)23-17-16(20)18(22-10-21-17)24-14-7-8-15(19)12(2)9-14/h3-10H,20H2,1-2H3. The normalized spacial score (nSPS) is 10.5. The van der Waals surface area contributed by atoms with Crippen LogP contribution in [0.5, 0.6) is 23.3 Å². The predicted molar refractivity (Wildman–Crippen MR) is 94.0 cm³/mol. The third-order valence-electron chi connectivity index (χ3n) is 3.39. The summed E-state index contributed by atoms with van der Waals surface area (Å²) in [4.78, 5) is 8.14. The second-order valence-corrected chi connectivity index (χ2v) is 5.73. The highest BCUT2D eigenvalue weighted by molar-refractivity contribution is 6.31. The summed E-state index contributed by atoms with van der Waals surface area (Å²) >= 11 is 6.02. The van der Waals surface area contributed by atoms with Gasteiger partial charge in [0.25, 0.3) is 0 Å². The number of aryl methyl sites for hydroxylation is 2. The quantitative estimate of drug-likeness (QED) is 0.729. The Bertz CT molecular complexity index is 867. The summed E-state index contributed by atoms with van der Waals surface area (Å²) < 4.78 is 11.4. The molecule has 3 rings (SSSR count). The molecule has 0 saturated carbocycles. The van der Waals surface area contributed by atoms with Gasteiger partial charge in [0.05, 0.1) is 0 Å². The third kappa shape index (κ3) is 3.58. The molecule has 0 radical (unpaired) electrons. The molecule has 2 N–H and O–H groups in total. The summed E-state index contributed by atoms with van der Waals surface area (Å²) in [5.74, 6) is 1.70. The minimum absolute atomic E-state index is 0.227. The molecule has 1 aromatic heterocycles. The van der Waals surface area contributed by atoms with Gasteiger partial charge in [-0.3, -0.25) is 0 Å². The minimum atomic E-state index is 0.227. The van der Waals surface area contributed by atoms with E-state index in [-0.39, 0.29) is 17.4 Å². The highest BCUT2D eigenvalue weighted by Crippen LogP contribution is 2.34. The summed E-state index contributed by atoms with van der Waals surface area (Å²) in [6.07, 6.45) is 1.35. The Morgan fingerprint density at radius 2 is 1.46 bits per heavy atom. The monoisotopic (exact) mass is 341 g/mol. The van der Waals surface area contributed by atoms with Crippen molar-refractivity contribution in [2.75, 3.05) is 5.73 Å². The molecule has 24 heavy (non-hydrogen) atoms. The first-order chi connectivity index (χ1) is 11.5. The second-order valence-electron chi connectivity index (χ2n) is 5.33. The fourth-order valence-corrected chi connectivity index (χ4v) is 2.15. The van der Waals surface area contributed by atoms with Gasteiger partial charge in [-0.25, -0.2) is 0 Å². The maximum atomic E-state index is 6.08. The average Bonchev–Trinajstić information content (AvgIpc) is 2.57. The lowest BCUT2D eigenvalue weighted by molar-refractivity contribution is 0.438. The Labute approximate surface area is 145 Å². The number of hydrogen-bond acceptors (Lipinski definition) is 5. The van der Waals surface area contributed by atoms with Crippen LogP contribution in [0.4, 0.5) is 5.69 Å². The number of hydrogen-bond donors (Lipinski definition) is 1. The number of aromatic nitrogens is 2. The molecule has 0 spiro atoms. The predicted octanol–water partition coefficient (Wildman–Crippen LogP) is 4.91. The van der Waals surface area contributed by atoms with Gasteiger partial charge in [0.1, 0.15) is 17.8 Å². The molecule has 2 aromatic carbocycles. The van der Waals surface area contributed by atoms with Crippen LogP contribution in [0.15, 0.2) is 48.8 Å².